The highest BCUT2D eigenvalue weighted by Gasteiger charge is 2.33. The van der Waals surface area contributed by atoms with E-state index < -0.39 is 35.4 Å². The highest BCUT2D eigenvalue weighted by atomic mass is 19.1. The summed E-state index contributed by atoms with van der Waals surface area (Å²) in [6, 6.07) is 19.5. The van der Waals surface area contributed by atoms with Crippen LogP contribution in [0.3, 0.4) is 0 Å². The zero-order valence-corrected chi connectivity index (χ0v) is 21.4. The van der Waals surface area contributed by atoms with E-state index in [2.05, 4.69) is 23.6 Å². The molecule has 1 heterocycles. The van der Waals surface area contributed by atoms with Gasteiger partial charge in [-0.1, -0.05) is 61.5 Å². The molecule has 3 amide bonds. The van der Waals surface area contributed by atoms with Crippen LogP contribution in [0.4, 0.5) is 8.78 Å². The number of rotatable bonds is 8. The van der Waals surface area contributed by atoms with Crippen molar-refractivity contribution in [1.29, 1.82) is 0 Å². The molecule has 0 bridgehead atoms. The Morgan fingerprint density at radius 2 is 1.58 bits per heavy atom. The fourth-order valence-electron chi connectivity index (χ4n) is 4.77. The Kier molecular flexibility index (Phi) is 8.51. The van der Waals surface area contributed by atoms with Gasteiger partial charge in [0.15, 0.2) is 0 Å². The predicted octanol–water partition coefficient (Wildman–Crippen LogP) is 4.09. The van der Waals surface area contributed by atoms with E-state index in [0.29, 0.717) is 13.1 Å². The van der Waals surface area contributed by atoms with Gasteiger partial charge >= 0.3 is 0 Å². The van der Waals surface area contributed by atoms with Crippen LogP contribution in [-0.4, -0.2) is 35.2 Å². The van der Waals surface area contributed by atoms with E-state index in [9.17, 15) is 23.2 Å². The number of nitrogens with one attached hydrogen (secondary N) is 2. The van der Waals surface area contributed by atoms with Crippen molar-refractivity contribution < 1.29 is 23.2 Å². The molecule has 1 aliphatic rings. The molecule has 0 radical (unpaired) electrons. The Labute approximate surface area is 221 Å². The first-order chi connectivity index (χ1) is 18.2. The summed E-state index contributed by atoms with van der Waals surface area (Å²) >= 11 is 0. The van der Waals surface area contributed by atoms with Gasteiger partial charge in [0.25, 0.3) is 0 Å². The lowest BCUT2D eigenvalue weighted by atomic mass is 9.90. The number of hydrogen-bond acceptors (Lipinski definition) is 3. The molecule has 3 aromatic carbocycles. The fourth-order valence-corrected chi connectivity index (χ4v) is 4.77. The van der Waals surface area contributed by atoms with Crippen LogP contribution in [0.25, 0.3) is 0 Å². The first-order valence-corrected chi connectivity index (χ1v) is 12.6. The first-order valence-electron chi connectivity index (χ1n) is 12.6. The summed E-state index contributed by atoms with van der Waals surface area (Å²) in [5, 5.41) is 5.33. The summed E-state index contributed by atoms with van der Waals surface area (Å²) in [6.45, 7) is 4.33. The summed E-state index contributed by atoms with van der Waals surface area (Å²) in [5.41, 5.74) is 3.40. The van der Waals surface area contributed by atoms with Gasteiger partial charge in [-0.05, 0) is 47.2 Å². The molecule has 0 saturated heterocycles. The number of carbonyl (C=O) groups excluding carboxylic acids is 3. The Bertz CT molecular complexity index is 1290. The number of nitrogens with zero attached hydrogens (tertiary/aromatic N) is 1. The molecule has 0 aliphatic carbocycles. The number of halogens is 2. The lowest BCUT2D eigenvalue weighted by molar-refractivity contribution is -0.141. The maximum absolute atomic E-state index is 13.7. The SMILES string of the molecule is CC(C(=O)NCc1cc(F)cc(F)c1)C(=O)NC(Cc1ccccc1)C(=O)N1Cc2ccccc2C(C)C1. The molecule has 1 aliphatic heterocycles. The van der Waals surface area contributed by atoms with Gasteiger partial charge < -0.3 is 15.5 Å². The number of hydrogen-bond donors (Lipinski definition) is 2. The zero-order valence-electron chi connectivity index (χ0n) is 21.4. The quantitative estimate of drug-likeness (QED) is 0.440. The fraction of sp³-hybridized carbons (Fsp3) is 0.300. The average molecular weight is 520 g/mol. The van der Waals surface area contributed by atoms with Crippen LogP contribution in [0.5, 0.6) is 0 Å². The zero-order chi connectivity index (χ0) is 27.2. The predicted molar refractivity (Wildman–Crippen MR) is 140 cm³/mol. The van der Waals surface area contributed by atoms with Crippen LogP contribution in [0.2, 0.25) is 0 Å². The number of fused-ring (bicyclic) bond motifs is 1. The van der Waals surface area contributed by atoms with Crippen LogP contribution in [-0.2, 0) is 33.9 Å². The van der Waals surface area contributed by atoms with Gasteiger partial charge in [-0.15, -0.1) is 0 Å². The monoisotopic (exact) mass is 519 g/mol. The summed E-state index contributed by atoms with van der Waals surface area (Å²) in [6.07, 6.45) is 0.273. The molecule has 0 fully saturated rings. The average Bonchev–Trinajstić information content (AvgIpc) is 2.90. The van der Waals surface area contributed by atoms with Gasteiger partial charge in [0.2, 0.25) is 17.7 Å². The van der Waals surface area contributed by atoms with Crippen LogP contribution in [0.15, 0.2) is 72.8 Å². The number of benzene rings is 3. The smallest absolute Gasteiger partial charge is 0.245 e. The van der Waals surface area contributed by atoms with Crippen molar-refractivity contribution in [2.24, 2.45) is 5.92 Å². The minimum atomic E-state index is -1.12. The largest absolute Gasteiger partial charge is 0.351 e. The molecule has 38 heavy (non-hydrogen) atoms. The highest BCUT2D eigenvalue weighted by molar-refractivity contribution is 6.01. The summed E-state index contributed by atoms with van der Waals surface area (Å²) < 4.78 is 26.9. The van der Waals surface area contributed by atoms with Gasteiger partial charge in [0.1, 0.15) is 23.6 Å². The first kappa shape index (κ1) is 27.0. The molecule has 0 saturated carbocycles. The van der Waals surface area contributed by atoms with Crippen molar-refractivity contribution in [3.8, 4) is 0 Å². The minimum absolute atomic E-state index is 0.136. The van der Waals surface area contributed by atoms with Gasteiger partial charge in [0, 0.05) is 32.1 Å². The standard InChI is InChI=1S/C30H31F2N3O3/c1-19-17-35(18-23-10-6-7-11-26(19)23)30(38)27(14-21-8-4-3-5-9-21)34-29(37)20(2)28(36)33-16-22-12-24(31)15-25(32)13-22/h3-13,15,19-20,27H,14,16-18H2,1-2H3,(H,33,36)(H,34,37). The molecule has 3 aromatic rings. The van der Waals surface area contributed by atoms with E-state index >= 15 is 0 Å². The maximum Gasteiger partial charge on any atom is 0.245 e. The molecule has 3 unspecified atom stereocenters. The molecular formula is C30H31F2N3O3. The van der Waals surface area contributed by atoms with Gasteiger partial charge in [-0.25, -0.2) is 8.78 Å². The third-order valence-corrected chi connectivity index (χ3v) is 6.83. The molecule has 6 nitrogen and oxygen atoms in total. The van der Waals surface area contributed by atoms with Crippen molar-refractivity contribution in [3.05, 3.63) is 107 Å². The number of carbonyl (C=O) groups is 3. The van der Waals surface area contributed by atoms with E-state index in [1.807, 2.05) is 48.5 Å². The summed E-state index contributed by atoms with van der Waals surface area (Å²) in [7, 11) is 0. The molecule has 0 spiro atoms. The molecule has 3 atom stereocenters. The molecule has 198 valence electrons. The molecule has 4 rings (SSSR count). The van der Waals surface area contributed by atoms with Gasteiger partial charge in [-0.2, -0.15) is 0 Å². The maximum atomic E-state index is 13.7. The second-order valence-electron chi connectivity index (χ2n) is 9.79. The van der Waals surface area contributed by atoms with E-state index in [1.165, 1.54) is 12.5 Å². The van der Waals surface area contributed by atoms with E-state index in [4.69, 9.17) is 0 Å². The van der Waals surface area contributed by atoms with Gasteiger partial charge in [0.05, 0.1) is 0 Å². The third kappa shape index (κ3) is 6.62. The molecule has 0 aromatic heterocycles. The lowest BCUT2D eigenvalue weighted by Crippen LogP contribution is -2.53. The van der Waals surface area contributed by atoms with Crippen molar-refractivity contribution in [2.45, 2.75) is 45.3 Å². The molecule has 2 N–H and O–H groups in total. The minimum Gasteiger partial charge on any atom is -0.351 e. The Morgan fingerprint density at radius 3 is 2.29 bits per heavy atom. The second-order valence-corrected chi connectivity index (χ2v) is 9.79. The Hall–Kier alpha value is -4.07. The van der Waals surface area contributed by atoms with Crippen LogP contribution in [0, 0.1) is 17.6 Å². The third-order valence-electron chi connectivity index (χ3n) is 6.83. The normalized spacial score (nSPS) is 16.2. The van der Waals surface area contributed by atoms with Crippen molar-refractivity contribution in [1.82, 2.24) is 15.5 Å². The Morgan fingerprint density at radius 1 is 0.921 bits per heavy atom. The highest BCUT2D eigenvalue weighted by Crippen LogP contribution is 2.28. The van der Waals surface area contributed by atoms with Crippen molar-refractivity contribution in [2.75, 3.05) is 6.54 Å². The summed E-state index contributed by atoms with van der Waals surface area (Å²) in [5.74, 6) is -3.92. The second kappa shape index (κ2) is 12.0. The van der Waals surface area contributed by atoms with Crippen LogP contribution < -0.4 is 10.6 Å². The number of amides is 3. The van der Waals surface area contributed by atoms with Crippen molar-refractivity contribution >= 4 is 17.7 Å². The summed E-state index contributed by atoms with van der Waals surface area (Å²) in [4.78, 5) is 41.2. The topological polar surface area (TPSA) is 78.5 Å². The van der Waals surface area contributed by atoms with Crippen molar-refractivity contribution in [3.63, 3.8) is 0 Å². The van der Waals surface area contributed by atoms with Crippen LogP contribution >= 0.6 is 0 Å². The molecular weight excluding hydrogens is 488 g/mol. The van der Waals surface area contributed by atoms with E-state index in [1.54, 1.807) is 4.90 Å². The van der Waals surface area contributed by atoms with E-state index in [0.717, 1.165) is 29.3 Å². The molecule has 8 heteroatoms. The Balaban J connectivity index is 1.45. The van der Waals surface area contributed by atoms with Crippen LogP contribution in [0.1, 0.15) is 42.0 Å². The van der Waals surface area contributed by atoms with Gasteiger partial charge in [-0.3, -0.25) is 14.4 Å². The lowest BCUT2D eigenvalue weighted by Gasteiger charge is -2.35. The van der Waals surface area contributed by atoms with E-state index in [-0.39, 0.29) is 30.4 Å².